The summed E-state index contributed by atoms with van der Waals surface area (Å²) < 4.78 is 1.83. The van der Waals surface area contributed by atoms with E-state index in [0.717, 1.165) is 31.7 Å². The Morgan fingerprint density at radius 3 is 3.10 bits per heavy atom. The Balaban J connectivity index is 1.78. The minimum absolute atomic E-state index is 0.0836. The van der Waals surface area contributed by atoms with Gasteiger partial charge in [-0.15, -0.1) is 0 Å². The van der Waals surface area contributed by atoms with E-state index in [4.69, 9.17) is 0 Å². The zero-order chi connectivity index (χ0) is 14.5. The number of hydrogen-bond donors (Lipinski definition) is 1. The topological polar surface area (TPSA) is 50.2 Å². The molecule has 2 amide bonds. The number of carbonyl (C=O) groups is 1. The van der Waals surface area contributed by atoms with Gasteiger partial charge in [0.15, 0.2) is 0 Å². The number of thioether (sulfide) groups is 1. The molecule has 0 bridgehead atoms. The fourth-order valence-electron chi connectivity index (χ4n) is 2.69. The fourth-order valence-corrected chi connectivity index (χ4v) is 3.27. The van der Waals surface area contributed by atoms with Gasteiger partial charge in [-0.1, -0.05) is 0 Å². The van der Waals surface area contributed by atoms with E-state index < -0.39 is 0 Å². The first kappa shape index (κ1) is 15.2. The number of rotatable bonds is 5. The maximum absolute atomic E-state index is 12.1. The third-order valence-corrected chi connectivity index (χ3v) is 4.48. The van der Waals surface area contributed by atoms with Gasteiger partial charge in [-0.2, -0.15) is 16.9 Å². The van der Waals surface area contributed by atoms with Gasteiger partial charge in [0.25, 0.3) is 0 Å². The molecule has 0 spiro atoms. The van der Waals surface area contributed by atoms with E-state index in [1.165, 1.54) is 5.56 Å². The molecule has 6 heteroatoms. The molecule has 20 heavy (non-hydrogen) atoms. The van der Waals surface area contributed by atoms with Gasteiger partial charge in [0.1, 0.15) is 0 Å². The highest BCUT2D eigenvalue weighted by Crippen LogP contribution is 2.20. The second kappa shape index (κ2) is 7.02. The minimum Gasteiger partial charge on any atom is -0.335 e. The molecular formula is C14H24N4OS. The molecule has 5 nitrogen and oxygen atoms in total. The highest BCUT2D eigenvalue weighted by molar-refractivity contribution is 7.98. The number of aryl methyl sites for hydroxylation is 1. The van der Waals surface area contributed by atoms with Crippen LogP contribution in [-0.4, -0.2) is 51.9 Å². The van der Waals surface area contributed by atoms with Crippen molar-refractivity contribution in [1.29, 1.82) is 0 Å². The maximum Gasteiger partial charge on any atom is 0.317 e. The van der Waals surface area contributed by atoms with Gasteiger partial charge in [-0.3, -0.25) is 4.68 Å². The summed E-state index contributed by atoms with van der Waals surface area (Å²) in [4.78, 5) is 14.1. The van der Waals surface area contributed by atoms with Crippen LogP contribution in [0.1, 0.15) is 18.9 Å². The fraction of sp³-hybridized carbons (Fsp3) is 0.714. The molecule has 1 fully saturated rings. The summed E-state index contributed by atoms with van der Waals surface area (Å²) in [7, 11) is 1.94. The predicted octanol–water partition coefficient (Wildman–Crippen LogP) is 1.75. The van der Waals surface area contributed by atoms with E-state index >= 15 is 0 Å². The molecule has 2 heterocycles. The molecule has 1 aromatic rings. The number of urea groups is 1. The van der Waals surface area contributed by atoms with Crippen LogP contribution in [0.3, 0.4) is 0 Å². The van der Waals surface area contributed by atoms with Crippen LogP contribution in [0, 0.1) is 5.92 Å². The van der Waals surface area contributed by atoms with E-state index in [1.807, 2.05) is 22.8 Å². The standard InChI is InChI=1S/C14H24N4OS/c1-11(10-20-3)16-14(19)18-5-4-12(9-18)6-13-7-15-17(2)8-13/h7-8,11-12H,4-6,9-10H2,1-3H3,(H,16,19)/t11-,12+/m0/s1. The highest BCUT2D eigenvalue weighted by atomic mass is 32.2. The Kier molecular flexibility index (Phi) is 5.34. The zero-order valence-corrected chi connectivity index (χ0v) is 13.3. The molecule has 1 N–H and O–H groups in total. The predicted molar refractivity (Wildman–Crippen MR) is 83.0 cm³/mol. The van der Waals surface area contributed by atoms with Crippen LogP contribution in [0.5, 0.6) is 0 Å². The summed E-state index contributed by atoms with van der Waals surface area (Å²) in [6.07, 6.45) is 8.13. The minimum atomic E-state index is 0.0836. The number of amides is 2. The first-order valence-electron chi connectivity index (χ1n) is 7.10. The van der Waals surface area contributed by atoms with Gasteiger partial charge in [-0.05, 0) is 37.5 Å². The average Bonchev–Trinajstić information content (AvgIpc) is 2.99. The molecule has 1 aliphatic rings. The first-order valence-corrected chi connectivity index (χ1v) is 8.49. The number of likely N-dealkylation sites (tertiary alicyclic amines) is 1. The Morgan fingerprint density at radius 2 is 2.45 bits per heavy atom. The van der Waals surface area contributed by atoms with Crippen LogP contribution in [0.15, 0.2) is 12.4 Å². The molecular weight excluding hydrogens is 272 g/mol. The van der Waals surface area contributed by atoms with Crippen molar-refractivity contribution in [2.45, 2.75) is 25.8 Å². The van der Waals surface area contributed by atoms with Crippen molar-refractivity contribution in [3.8, 4) is 0 Å². The molecule has 2 rings (SSSR count). The van der Waals surface area contributed by atoms with Gasteiger partial charge < -0.3 is 10.2 Å². The van der Waals surface area contributed by atoms with E-state index in [9.17, 15) is 4.79 Å². The number of nitrogens with one attached hydrogen (secondary N) is 1. The van der Waals surface area contributed by atoms with Gasteiger partial charge in [0, 0.05) is 38.1 Å². The van der Waals surface area contributed by atoms with Crippen LogP contribution < -0.4 is 5.32 Å². The van der Waals surface area contributed by atoms with Crippen molar-refractivity contribution < 1.29 is 4.79 Å². The first-order chi connectivity index (χ1) is 9.58. The summed E-state index contributed by atoms with van der Waals surface area (Å²) in [5, 5.41) is 7.26. The van der Waals surface area contributed by atoms with Gasteiger partial charge in [-0.25, -0.2) is 4.79 Å². The third kappa shape index (κ3) is 4.16. The van der Waals surface area contributed by atoms with Crippen LogP contribution >= 0.6 is 11.8 Å². The summed E-state index contributed by atoms with van der Waals surface area (Å²) in [5.74, 6) is 1.51. The molecule has 0 aliphatic carbocycles. The quantitative estimate of drug-likeness (QED) is 0.900. The lowest BCUT2D eigenvalue weighted by Crippen LogP contribution is -2.43. The van der Waals surface area contributed by atoms with Crippen LogP contribution in [0.2, 0.25) is 0 Å². The van der Waals surface area contributed by atoms with Crippen molar-refractivity contribution in [3.05, 3.63) is 18.0 Å². The molecule has 2 atom stereocenters. The number of nitrogens with zero attached hydrogens (tertiary/aromatic N) is 3. The van der Waals surface area contributed by atoms with Crippen LogP contribution in [0.4, 0.5) is 4.79 Å². The Labute approximate surface area is 125 Å². The van der Waals surface area contributed by atoms with Gasteiger partial charge in [0.2, 0.25) is 0 Å². The zero-order valence-electron chi connectivity index (χ0n) is 12.5. The maximum atomic E-state index is 12.1. The Hall–Kier alpha value is -1.17. The smallest absolute Gasteiger partial charge is 0.317 e. The van der Waals surface area contributed by atoms with Crippen molar-refractivity contribution in [1.82, 2.24) is 20.0 Å². The monoisotopic (exact) mass is 296 g/mol. The van der Waals surface area contributed by atoms with Crippen molar-refractivity contribution in [3.63, 3.8) is 0 Å². The SMILES string of the molecule is CSC[C@H](C)NC(=O)N1CC[C@H](Cc2cnn(C)c2)C1. The van der Waals surface area contributed by atoms with Crippen molar-refractivity contribution in [2.75, 3.05) is 25.1 Å². The molecule has 1 aromatic heterocycles. The lowest BCUT2D eigenvalue weighted by molar-refractivity contribution is 0.204. The largest absolute Gasteiger partial charge is 0.335 e. The van der Waals surface area contributed by atoms with E-state index in [1.54, 1.807) is 11.8 Å². The molecule has 112 valence electrons. The summed E-state index contributed by atoms with van der Waals surface area (Å²) in [5.41, 5.74) is 1.26. The molecule has 0 radical (unpaired) electrons. The molecule has 0 unspecified atom stereocenters. The number of hydrogen-bond acceptors (Lipinski definition) is 3. The summed E-state index contributed by atoms with van der Waals surface area (Å²) in [6, 6.07) is 0.315. The highest BCUT2D eigenvalue weighted by Gasteiger charge is 2.27. The summed E-state index contributed by atoms with van der Waals surface area (Å²) >= 11 is 1.76. The molecule has 0 saturated carbocycles. The van der Waals surface area contributed by atoms with Crippen molar-refractivity contribution in [2.24, 2.45) is 13.0 Å². The van der Waals surface area contributed by atoms with E-state index in [0.29, 0.717) is 5.92 Å². The number of aromatic nitrogens is 2. The number of carbonyl (C=O) groups excluding carboxylic acids is 1. The molecule has 1 saturated heterocycles. The molecule has 0 aromatic carbocycles. The van der Waals surface area contributed by atoms with E-state index in [2.05, 4.69) is 29.8 Å². The Bertz CT molecular complexity index is 448. The lowest BCUT2D eigenvalue weighted by atomic mass is 10.0. The third-order valence-electron chi connectivity index (χ3n) is 3.64. The van der Waals surface area contributed by atoms with Crippen molar-refractivity contribution >= 4 is 17.8 Å². The second-order valence-electron chi connectivity index (χ2n) is 5.63. The molecule has 1 aliphatic heterocycles. The Morgan fingerprint density at radius 1 is 1.65 bits per heavy atom. The summed E-state index contributed by atoms with van der Waals surface area (Å²) in [6.45, 7) is 3.77. The lowest BCUT2D eigenvalue weighted by Gasteiger charge is -2.20. The van der Waals surface area contributed by atoms with E-state index in [-0.39, 0.29) is 12.1 Å². The van der Waals surface area contributed by atoms with Crippen LogP contribution in [0.25, 0.3) is 0 Å². The average molecular weight is 296 g/mol. The van der Waals surface area contributed by atoms with Gasteiger partial charge in [0.05, 0.1) is 6.20 Å². The van der Waals surface area contributed by atoms with Crippen LogP contribution in [-0.2, 0) is 13.5 Å². The van der Waals surface area contributed by atoms with Gasteiger partial charge >= 0.3 is 6.03 Å². The normalized spacial score (nSPS) is 20.1. The second-order valence-corrected chi connectivity index (χ2v) is 6.54.